The lowest BCUT2D eigenvalue weighted by Crippen LogP contribution is -2.44. The first-order valence-corrected chi connectivity index (χ1v) is 4.74. The number of rotatable bonds is 1. The smallest absolute Gasteiger partial charge is 0.149 e. The van der Waals surface area contributed by atoms with Gasteiger partial charge in [-0.2, -0.15) is 0 Å². The standard InChI is InChI=1S/C8H13BrO2/c1-6(10)8(9)5-3-2-4-7(8)11/h7,11H,2-5H2,1H3. The number of alkyl halides is 1. The zero-order chi connectivity index (χ0) is 8.48. The van der Waals surface area contributed by atoms with Crippen LogP contribution < -0.4 is 0 Å². The van der Waals surface area contributed by atoms with Crippen molar-refractivity contribution in [1.29, 1.82) is 0 Å². The third-order valence-corrected chi connectivity index (χ3v) is 3.86. The summed E-state index contributed by atoms with van der Waals surface area (Å²) in [5, 5.41) is 9.53. The minimum Gasteiger partial charge on any atom is -0.391 e. The number of aliphatic hydroxyl groups is 1. The summed E-state index contributed by atoms with van der Waals surface area (Å²) in [5.74, 6) is 0.0460. The average Bonchev–Trinajstić information content (AvgIpc) is 1.95. The van der Waals surface area contributed by atoms with Gasteiger partial charge in [0, 0.05) is 0 Å². The van der Waals surface area contributed by atoms with Crippen LogP contribution in [0.4, 0.5) is 0 Å². The SMILES string of the molecule is CC(=O)C1(Br)CCCCC1O. The number of hydrogen-bond acceptors (Lipinski definition) is 2. The Morgan fingerprint density at radius 3 is 2.64 bits per heavy atom. The summed E-state index contributed by atoms with van der Waals surface area (Å²) in [4.78, 5) is 11.1. The zero-order valence-electron chi connectivity index (χ0n) is 6.64. The fourth-order valence-electron chi connectivity index (χ4n) is 1.53. The quantitative estimate of drug-likeness (QED) is 0.683. The van der Waals surface area contributed by atoms with Crippen molar-refractivity contribution in [3.8, 4) is 0 Å². The highest BCUT2D eigenvalue weighted by molar-refractivity contribution is 9.10. The van der Waals surface area contributed by atoms with E-state index in [9.17, 15) is 9.90 Å². The Balaban J connectivity index is 2.72. The molecule has 1 rings (SSSR count). The number of ketones is 1. The van der Waals surface area contributed by atoms with Crippen molar-refractivity contribution in [3.05, 3.63) is 0 Å². The molecule has 0 aliphatic heterocycles. The lowest BCUT2D eigenvalue weighted by Gasteiger charge is -2.34. The van der Waals surface area contributed by atoms with E-state index in [4.69, 9.17) is 0 Å². The Hall–Kier alpha value is 0.110. The summed E-state index contributed by atoms with van der Waals surface area (Å²) in [6.45, 7) is 1.53. The van der Waals surface area contributed by atoms with Crippen molar-refractivity contribution in [2.45, 2.75) is 43.0 Å². The van der Waals surface area contributed by atoms with E-state index in [2.05, 4.69) is 15.9 Å². The van der Waals surface area contributed by atoms with Crippen molar-refractivity contribution in [3.63, 3.8) is 0 Å². The number of hydrogen-bond donors (Lipinski definition) is 1. The van der Waals surface area contributed by atoms with Crippen molar-refractivity contribution < 1.29 is 9.90 Å². The van der Waals surface area contributed by atoms with Crippen LogP contribution in [0.5, 0.6) is 0 Å². The Bertz CT molecular complexity index is 169. The molecule has 0 aromatic heterocycles. The predicted octanol–water partition coefficient (Wildman–Crippen LogP) is 1.64. The monoisotopic (exact) mass is 220 g/mol. The first kappa shape index (κ1) is 9.20. The molecule has 0 aromatic carbocycles. The molecule has 1 aliphatic rings. The first-order valence-electron chi connectivity index (χ1n) is 3.95. The molecule has 2 atom stereocenters. The number of carbonyl (C=O) groups excluding carboxylic acids is 1. The molecule has 3 heteroatoms. The molecule has 0 spiro atoms. The second-order valence-electron chi connectivity index (χ2n) is 3.18. The molecule has 0 bridgehead atoms. The number of Topliss-reactive ketones (excluding diaryl/α,β-unsaturated/α-hetero) is 1. The summed E-state index contributed by atoms with van der Waals surface area (Å²) in [6, 6.07) is 0. The molecule has 64 valence electrons. The summed E-state index contributed by atoms with van der Waals surface area (Å²) in [5.41, 5.74) is 0. The summed E-state index contributed by atoms with van der Waals surface area (Å²) < 4.78 is -0.634. The van der Waals surface area contributed by atoms with Crippen LogP contribution in [0.25, 0.3) is 0 Å². The van der Waals surface area contributed by atoms with Crippen molar-refractivity contribution >= 4 is 21.7 Å². The van der Waals surface area contributed by atoms with Gasteiger partial charge in [-0.25, -0.2) is 0 Å². The second-order valence-corrected chi connectivity index (χ2v) is 4.60. The van der Waals surface area contributed by atoms with E-state index in [0.717, 1.165) is 25.7 Å². The van der Waals surface area contributed by atoms with Gasteiger partial charge < -0.3 is 5.11 Å². The van der Waals surface area contributed by atoms with Gasteiger partial charge in [-0.3, -0.25) is 4.79 Å². The van der Waals surface area contributed by atoms with Crippen LogP contribution >= 0.6 is 15.9 Å². The number of aliphatic hydroxyl groups excluding tert-OH is 1. The Labute approximate surface area is 75.1 Å². The Morgan fingerprint density at radius 2 is 2.27 bits per heavy atom. The minimum atomic E-state index is -0.634. The highest BCUT2D eigenvalue weighted by Gasteiger charge is 2.41. The molecular weight excluding hydrogens is 208 g/mol. The van der Waals surface area contributed by atoms with Crippen LogP contribution in [0.3, 0.4) is 0 Å². The van der Waals surface area contributed by atoms with Crippen LogP contribution in [0.15, 0.2) is 0 Å². The highest BCUT2D eigenvalue weighted by atomic mass is 79.9. The molecule has 0 amide bonds. The highest BCUT2D eigenvalue weighted by Crippen LogP contribution is 2.36. The molecule has 1 aliphatic carbocycles. The van der Waals surface area contributed by atoms with Crippen LogP contribution in [-0.4, -0.2) is 21.3 Å². The predicted molar refractivity (Wildman–Crippen MR) is 46.8 cm³/mol. The fraction of sp³-hybridized carbons (Fsp3) is 0.875. The van der Waals surface area contributed by atoms with E-state index in [1.807, 2.05) is 0 Å². The molecular formula is C8H13BrO2. The van der Waals surface area contributed by atoms with E-state index < -0.39 is 10.4 Å². The van der Waals surface area contributed by atoms with Crippen molar-refractivity contribution in [1.82, 2.24) is 0 Å². The number of halogens is 1. The molecule has 1 saturated carbocycles. The van der Waals surface area contributed by atoms with Gasteiger partial charge in [0.1, 0.15) is 10.1 Å². The Morgan fingerprint density at radius 1 is 1.64 bits per heavy atom. The van der Waals surface area contributed by atoms with Gasteiger partial charge in [-0.15, -0.1) is 0 Å². The van der Waals surface area contributed by atoms with Gasteiger partial charge in [0.25, 0.3) is 0 Å². The number of carbonyl (C=O) groups is 1. The lowest BCUT2D eigenvalue weighted by molar-refractivity contribution is -0.122. The normalized spacial score (nSPS) is 38.6. The van der Waals surface area contributed by atoms with Gasteiger partial charge >= 0.3 is 0 Å². The molecule has 11 heavy (non-hydrogen) atoms. The van der Waals surface area contributed by atoms with Crippen LogP contribution in [0, 0.1) is 0 Å². The van der Waals surface area contributed by atoms with E-state index in [1.54, 1.807) is 0 Å². The molecule has 0 radical (unpaired) electrons. The summed E-state index contributed by atoms with van der Waals surface area (Å²) in [6.07, 6.45) is 3.08. The molecule has 1 fully saturated rings. The third kappa shape index (κ3) is 1.64. The van der Waals surface area contributed by atoms with Crippen molar-refractivity contribution in [2.24, 2.45) is 0 Å². The fourth-order valence-corrected chi connectivity index (χ4v) is 2.04. The van der Waals surface area contributed by atoms with E-state index >= 15 is 0 Å². The van der Waals surface area contributed by atoms with E-state index in [0.29, 0.717) is 0 Å². The lowest BCUT2D eigenvalue weighted by atomic mass is 9.84. The van der Waals surface area contributed by atoms with E-state index in [-0.39, 0.29) is 5.78 Å². The van der Waals surface area contributed by atoms with E-state index in [1.165, 1.54) is 6.92 Å². The molecule has 0 aromatic rings. The maximum atomic E-state index is 11.1. The van der Waals surface area contributed by atoms with Gasteiger partial charge in [-0.1, -0.05) is 28.8 Å². The zero-order valence-corrected chi connectivity index (χ0v) is 8.23. The van der Waals surface area contributed by atoms with Gasteiger partial charge in [0.15, 0.2) is 0 Å². The summed E-state index contributed by atoms with van der Waals surface area (Å²) >= 11 is 3.33. The topological polar surface area (TPSA) is 37.3 Å². The maximum absolute atomic E-state index is 11.1. The molecule has 0 saturated heterocycles. The van der Waals surface area contributed by atoms with Gasteiger partial charge in [-0.05, 0) is 19.8 Å². The minimum absolute atomic E-state index is 0.0460. The maximum Gasteiger partial charge on any atom is 0.149 e. The molecule has 2 nitrogen and oxygen atoms in total. The van der Waals surface area contributed by atoms with Crippen molar-refractivity contribution in [2.75, 3.05) is 0 Å². The second kappa shape index (κ2) is 3.23. The third-order valence-electron chi connectivity index (χ3n) is 2.38. The van der Waals surface area contributed by atoms with Crippen LogP contribution in [-0.2, 0) is 4.79 Å². The summed E-state index contributed by atoms with van der Waals surface area (Å²) in [7, 11) is 0. The van der Waals surface area contributed by atoms with Crippen LogP contribution in [0.2, 0.25) is 0 Å². The largest absolute Gasteiger partial charge is 0.391 e. The first-order chi connectivity index (χ1) is 5.07. The Kier molecular flexibility index (Phi) is 2.70. The van der Waals surface area contributed by atoms with Gasteiger partial charge in [0.2, 0.25) is 0 Å². The van der Waals surface area contributed by atoms with Crippen LogP contribution in [0.1, 0.15) is 32.6 Å². The molecule has 2 unspecified atom stereocenters. The molecule has 1 N–H and O–H groups in total. The van der Waals surface area contributed by atoms with Gasteiger partial charge in [0.05, 0.1) is 6.10 Å². The molecule has 0 heterocycles. The average molecular weight is 221 g/mol.